The third-order valence-electron chi connectivity index (χ3n) is 4.67. The molecule has 3 heteroatoms. The zero-order chi connectivity index (χ0) is 15.2. The Morgan fingerprint density at radius 3 is 2.52 bits per heavy atom. The van der Waals surface area contributed by atoms with Crippen LogP contribution in [0.4, 0.5) is 5.69 Å². The molecule has 118 valence electrons. The van der Waals surface area contributed by atoms with Crippen molar-refractivity contribution >= 4 is 5.69 Å². The molecule has 1 aliphatic heterocycles. The Morgan fingerprint density at radius 2 is 1.90 bits per heavy atom. The fourth-order valence-corrected chi connectivity index (χ4v) is 3.27. The van der Waals surface area contributed by atoms with E-state index < -0.39 is 0 Å². The van der Waals surface area contributed by atoms with Crippen LogP contribution in [-0.4, -0.2) is 49.6 Å². The summed E-state index contributed by atoms with van der Waals surface area (Å²) in [5.41, 5.74) is 2.69. The van der Waals surface area contributed by atoms with Gasteiger partial charge in [0.2, 0.25) is 0 Å². The van der Waals surface area contributed by atoms with E-state index in [9.17, 15) is 0 Å². The van der Waals surface area contributed by atoms with E-state index in [0.29, 0.717) is 6.04 Å². The molecule has 3 nitrogen and oxygen atoms in total. The van der Waals surface area contributed by atoms with E-state index in [1.807, 2.05) is 0 Å². The molecule has 1 aromatic carbocycles. The Bertz CT molecular complexity index is 422. The van der Waals surface area contributed by atoms with Crippen LogP contribution in [0.15, 0.2) is 24.3 Å². The fraction of sp³-hybridized carbons (Fsp3) is 0.667. The van der Waals surface area contributed by atoms with Crippen LogP contribution in [-0.2, 0) is 6.54 Å². The second-order valence-corrected chi connectivity index (χ2v) is 6.60. The maximum absolute atomic E-state index is 3.77. The molecule has 1 unspecified atom stereocenters. The van der Waals surface area contributed by atoms with E-state index in [0.717, 1.165) is 12.5 Å². The minimum absolute atomic E-state index is 0.548. The minimum Gasteiger partial charge on any atom is -0.382 e. The van der Waals surface area contributed by atoms with Crippen molar-refractivity contribution in [2.45, 2.75) is 39.3 Å². The molecule has 1 saturated heterocycles. The smallest absolute Gasteiger partial charge is 0.0388 e. The van der Waals surface area contributed by atoms with Gasteiger partial charge in [0.15, 0.2) is 0 Å². The van der Waals surface area contributed by atoms with Crippen LogP contribution >= 0.6 is 0 Å². The summed E-state index contributed by atoms with van der Waals surface area (Å²) >= 11 is 0. The quantitative estimate of drug-likeness (QED) is 0.867. The molecule has 21 heavy (non-hydrogen) atoms. The zero-order valence-electron chi connectivity index (χ0n) is 14.1. The van der Waals surface area contributed by atoms with Gasteiger partial charge in [0.25, 0.3) is 0 Å². The molecule has 1 heterocycles. The number of benzene rings is 1. The summed E-state index contributed by atoms with van der Waals surface area (Å²) in [5, 5.41) is 3.77. The number of piperidine rings is 1. The number of para-hydroxylation sites is 1. The van der Waals surface area contributed by atoms with Crippen molar-refractivity contribution in [3.63, 3.8) is 0 Å². The number of rotatable bonds is 6. The van der Waals surface area contributed by atoms with Crippen LogP contribution in [0.3, 0.4) is 0 Å². The maximum atomic E-state index is 3.77. The first-order chi connectivity index (χ1) is 10.1. The number of likely N-dealkylation sites (tertiary alicyclic amines) is 1. The standard InChI is InChI=1S/C18H31N3/c1-5-21-12-10-16(11-13-21)15(2)19-18-9-7-6-8-17(18)14-20(3)4/h6-9,15-16,19H,5,10-14H2,1-4H3. The van der Waals surface area contributed by atoms with Crippen LogP contribution in [0, 0.1) is 5.92 Å². The van der Waals surface area contributed by atoms with Gasteiger partial charge in [-0.3, -0.25) is 0 Å². The topological polar surface area (TPSA) is 18.5 Å². The lowest BCUT2D eigenvalue weighted by molar-refractivity contribution is 0.183. The molecule has 0 radical (unpaired) electrons. The SMILES string of the molecule is CCN1CCC(C(C)Nc2ccccc2CN(C)C)CC1. The number of hydrogen-bond donors (Lipinski definition) is 1. The Balaban J connectivity index is 1.95. The molecular formula is C18H31N3. The van der Waals surface area contributed by atoms with Gasteiger partial charge >= 0.3 is 0 Å². The van der Waals surface area contributed by atoms with Gasteiger partial charge in [0.1, 0.15) is 0 Å². The van der Waals surface area contributed by atoms with E-state index in [1.165, 1.54) is 43.7 Å². The highest BCUT2D eigenvalue weighted by molar-refractivity contribution is 5.51. The summed E-state index contributed by atoms with van der Waals surface area (Å²) in [4.78, 5) is 4.79. The van der Waals surface area contributed by atoms with Crippen molar-refractivity contribution in [1.29, 1.82) is 0 Å². The van der Waals surface area contributed by atoms with Crippen LogP contribution in [0.25, 0.3) is 0 Å². The molecule has 0 amide bonds. The van der Waals surface area contributed by atoms with Crippen LogP contribution in [0.1, 0.15) is 32.3 Å². The highest BCUT2D eigenvalue weighted by atomic mass is 15.1. The van der Waals surface area contributed by atoms with Gasteiger partial charge < -0.3 is 15.1 Å². The highest BCUT2D eigenvalue weighted by Crippen LogP contribution is 2.25. The molecule has 0 saturated carbocycles. The van der Waals surface area contributed by atoms with Gasteiger partial charge in [-0.1, -0.05) is 25.1 Å². The number of nitrogens with zero attached hydrogens (tertiary/aromatic N) is 2. The van der Waals surface area contributed by atoms with Crippen molar-refractivity contribution in [2.24, 2.45) is 5.92 Å². The van der Waals surface area contributed by atoms with Gasteiger partial charge in [-0.15, -0.1) is 0 Å². The Labute approximate surface area is 130 Å². The van der Waals surface area contributed by atoms with E-state index >= 15 is 0 Å². The molecule has 2 rings (SSSR count). The second-order valence-electron chi connectivity index (χ2n) is 6.60. The van der Waals surface area contributed by atoms with Crippen LogP contribution < -0.4 is 5.32 Å². The third kappa shape index (κ3) is 4.72. The number of anilines is 1. The average Bonchev–Trinajstić information content (AvgIpc) is 2.49. The first-order valence-corrected chi connectivity index (χ1v) is 8.31. The van der Waals surface area contributed by atoms with E-state index in [-0.39, 0.29) is 0 Å². The first-order valence-electron chi connectivity index (χ1n) is 8.31. The fourth-order valence-electron chi connectivity index (χ4n) is 3.27. The molecule has 0 aromatic heterocycles. The maximum Gasteiger partial charge on any atom is 0.0388 e. The Hall–Kier alpha value is -1.06. The lowest BCUT2D eigenvalue weighted by Crippen LogP contribution is -2.39. The van der Waals surface area contributed by atoms with Gasteiger partial charge in [0, 0.05) is 18.3 Å². The summed E-state index contributed by atoms with van der Waals surface area (Å²) in [6.45, 7) is 9.31. The molecular weight excluding hydrogens is 258 g/mol. The second kappa shape index (κ2) is 7.81. The normalized spacial score (nSPS) is 18.9. The largest absolute Gasteiger partial charge is 0.382 e. The number of nitrogens with one attached hydrogen (secondary N) is 1. The summed E-state index contributed by atoms with van der Waals surface area (Å²) in [6.07, 6.45) is 2.63. The van der Waals surface area contributed by atoms with Gasteiger partial charge in [0.05, 0.1) is 0 Å². The monoisotopic (exact) mass is 289 g/mol. The van der Waals surface area contributed by atoms with Gasteiger partial charge in [-0.25, -0.2) is 0 Å². The molecule has 1 N–H and O–H groups in total. The summed E-state index contributed by atoms with van der Waals surface area (Å²) in [5.74, 6) is 0.792. The number of hydrogen-bond acceptors (Lipinski definition) is 3. The predicted molar refractivity (Wildman–Crippen MR) is 91.8 cm³/mol. The molecule has 1 fully saturated rings. The van der Waals surface area contributed by atoms with Crippen molar-refractivity contribution in [3.05, 3.63) is 29.8 Å². The molecule has 0 aliphatic carbocycles. The van der Waals surface area contributed by atoms with Gasteiger partial charge in [-0.2, -0.15) is 0 Å². The van der Waals surface area contributed by atoms with E-state index in [2.05, 4.69) is 67.3 Å². The van der Waals surface area contributed by atoms with Crippen molar-refractivity contribution in [1.82, 2.24) is 9.80 Å². The first kappa shape index (κ1) is 16.3. The van der Waals surface area contributed by atoms with Crippen molar-refractivity contribution < 1.29 is 0 Å². The predicted octanol–water partition coefficient (Wildman–Crippen LogP) is 3.28. The molecule has 1 aliphatic rings. The molecule has 0 bridgehead atoms. The Morgan fingerprint density at radius 1 is 1.24 bits per heavy atom. The van der Waals surface area contributed by atoms with Crippen molar-refractivity contribution in [3.8, 4) is 0 Å². The molecule has 1 atom stereocenters. The third-order valence-corrected chi connectivity index (χ3v) is 4.67. The zero-order valence-corrected chi connectivity index (χ0v) is 14.1. The Kier molecular flexibility index (Phi) is 6.07. The summed E-state index contributed by atoms with van der Waals surface area (Å²) < 4.78 is 0. The van der Waals surface area contributed by atoms with Crippen LogP contribution in [0.5, 0.6) is 0 Å². The lowest BCUT2D eigenvalue weighted by Gasteiger charge is -2.35. The van der Waals surface area contributed by atoms with Crippen molar-refractivity contribution in [2.75, 3.05) is 39.0 Å². The molecule has 0 spiro atoms. The summed E-state index contributed by atoms with van der Waals surface area (Å²) in [6, 6.07) is 9.26. The van der Waals surface area contributed by atoms with E-state index in [4.69, 9.17) is 0 Å². The highest BCUT2D eigenvalue weighted by Gasteiger charge is 2.23. The average molecular weight is 289 g/mol. The lowest BCUT2D eigenvalue weighted by atomic mass is 9.90. The van der Waals surface area contributed by atoms with Gasteiger partial charge in [-0.05, 0) is 71.0 Å². The summed E-state index contributed by atoms with van der Waals surface area (Å²) in [7, 11) is 4.25. The van der Waals surface area contributed by atoms with Crippen LogP contribution in [0.2, 0.25) is 0 Å². The van der Waals surface area contributed by atoms with E-state index in [1.54, 1.807) is 0 Å². The minimum atomic E-state index is 0.548. The molecule has 1 aromatic rings.